The minimum atomic E-state index is -3.90. The Labute approximate surface area is 118 Å². The summed E-state index contributed by atoms with van der Waals surface area (Å²) in [6.45, 7) is -0.160. The molecule has 0 atom stereocenters. The molecular weight excluding hydrogens is 310 g/mol. The molecule has 0 fully saturated rings. The number of carboxylic acid groups (broad SMARTS) is 1. The summed E-state index contributed by atoms with van der Waals surface area (Å²) in [4.78, 5) is 10.4. The van der Waals surface area contributed by atoms with E-state index in [1.54, 1.807) is 0 Å². The Bertz CT molecular complexity index is 757. The quantitative estimate of drug-likeness (QED) is 0.873. The third kappa shape index (κ3) is 2.60. The van der Waals surface area contributed by atoms with Crippen molar-refractivity contribution in [1.82, 2.24) is 14.6 Å². The fraction of sp³-hybridized carbons (Fsp3) is 0.300. The van der Waals surface area contributed by atoms with Crippen LogP contribution in [0.5, 0.6) is 0 Å². The molecule has 10 heteroatoms. The summed E-state index contributed by atoms with van der Waals surface area (Å²) < 4.78 is 30.1. The number of hydrogen-bond acceptors (Lipinski definition) is 6. The minimum Gasteiger partial charge on any atom is -0.481 e. The summed E-state index contributed by atoms with van der Waals surface area (Å²) in [7, 11) is -2.62. The summed E-state index contributed by atoms with van der Waals surface area (Å²) in [5, 5.41) is 15.9. The van der Waals surface area contributed by atoms with Gasteiger partial charge in [-0.1, -0.05) is 11.6 Å². The highest BCUT2D eigenvalue weighted by Crippen LogP contribution is 2.28. The van der Waals surface area contributed by atoms with Crippen LogP contribution >= 0.6 is 11.6 Å². The fourth-order valence-corrected chi connectivity index (χ4v) is 3.04. The first kappa shape index (κ1) is 14.7. The molecule has 108 valence electrons. The van der Waals surface area contributed by atoms with Gasteiger partial charge in [0.1, 0.15) is 4.90 Å². The lowest BCUT2D eigenvalue weighted by Gasteiger charge is -2.16. The van der Waals surface area contributed by atoms with Crippen LogP contribution in [-0.4, -0.2) is 47.7 Å². The van der Waals surface area contributed by atoms with Crippen molar-refractivity contribution in [3.63, 3.8) is 0 Å². The second-order valence-electron chi connectivity index (χ2n) is 3.98. The number of halogens is 1. The van der Waals surface area contributed by atoms with E-state index in [4.69, 9.17) is 16.7 Å². The predicted octanol–water partition coefficient (Wildman–Crippen LogP) is 0.971. The van der Waals surface area contributed by atoms with Gasteiger partial charge in [0.2, 0.25) is 10.0 Å². The second kappa shape index (κ2) is 5.35. The highest BCUT2D eigenvalue weighted by atomic mass is 35.5. The number of carboxylic acids is 1. The standard InChI is InChI=1S/C10H10ClN3O5S/c1-14(5-4-8(15)16)20(17,18)7-3-2-6(11)9-10(7)13-19-12-9/h2-3H,4-5H2,1H3,(H,15,16). The van der Waals surface area contributed by atoms with E-state index >= 15 is 0 Å². The number of benzene rings is 1. The molecule has 0 bridgehead atoms. The van der Waals surface area contributed by atoms with E-state index in [0.717, 1.165) is 4.31 Å². The van der Waals surface area contributed by atoms with Gasteiger partial charge in [-0.25, -0.2) is 17.4 Å². The first-order valence-electron chi connectivity index (χ1n) is 5.43. The van der Waals surface area contributed by atoms with Crippen LogP contribution in [0.4, 0.5) is 0 Å². The zero-order valence-corrected chi connectivity index (χ0v) is 11.8. The van der Waals surface area contributed by atoms with Crippen molar-refractivity contribution in [2.45, 2.75) is 11.3 Å². The average Bonchev–Trinajstić information content (AvgIpc) is 2.85. The lowest BCUT2D eigenvalue weighted by molar-refractivity contribution is -0.137. The topological polar surface area (TPSA) is 114 Å². The van der Waals surface area contributed by atoms with E-state index in [1.165, 1.54) is 19.2 Å². The van der Waals surface area contributed by atoms with E-state index in [1.807, 2.05) is 0 Å². The molecule has 0 aliphatic rings. The molecule has 0 radical (unpaired) electrons. The van der Waals surface area contributed by atoms with E-state index < -0.39 is 16.0 Å². The van der Waals surface area contributed by atoms with E-state index in [-0.39, 0.29) is 33.9 Å². The van der Waals surface area contributed by atoms with Gasteiger partial charge in [0.05, 0.1) is 11.4 Å². The third-order valence-corrected chi connectivity index (χ3v) is 4.85. The normalized spacial score (nSPS) is 12.2. The maximum Gasteiger partial charge on any atom is 0.304 e. The number of rotatable bonds is 5. The molecule has 2 rings (SSSR count). The van der Waals surface area contributed by atoms with Crippen LogP contribution in [0, 0.1) is 0 Å². The molecule has 1 heterocycles. The summed E-state index contributed by atoms with van der Waals surface area (Å²) in [6, 6.07) is 2.65. The molecule has 0 amide bonds. The van der Waals surface area contributed by atoms with Gasteiger partial charge in [0.15, 0.2) is 11.0 Å². The maximum atomic E-state index is 12.3. The van der Waals surface area contributed by atoms with Crippen LogP contribution < -0.4 is 0 Å². The van der Waals surface area contributed by atoms with Crippen molar-refractivity contribution in [2.24, 2.45) is 0 Å². The smallest absolute Gasteiger partial charge is 0.304 e. The van der Waals surface area contributed by atoms with Crippen LogP contribution in [0.15, 0.2) is 21.7 Å². The van der Waals surface area contributed by atoms with Crippen LogP contribution in [0.2, 0.25) is 5.02 Å². The zero-order chi connectivity index (χ0) is 14.9. The van der Waals surface area contributed by atoms with Gasteiger partial charge >= 0.3 is 5.97 Å². The van der Waals surface area contributed by atoms with Crippen LogP contribution in [0.25, 0.3) is 11.0 Å². The molecule has 0 spiro atoms. The highest BCUT2D eigenvalue weighted by Gasteiger charge is 2.26. The molecule has 20 heavy (non-hydrogen) atoms. The van der Waals surface area contributed by atoms with Crippen LogP contribution in [0.1, 0.15) is 6.42 Å². The van der Waals surface area contributed by atoms with E-state index in [0.29, 0.717) is 0 Å². The molecular formula is C10H10ClN3O5S. The van der Waals surface area contributed by atoms with Crippen molar-refractivity contribution >= 4 is 38.6 Å². The zero-order valence-electron chi connectivity index (χ0n) is 10.3. The summed E-state index contributed by atoms with van der Waals surface area (Å²) >= 11 is 5.85. The van der Waals surface area contributed by atoms with Crippen molar-refractivity contribution in [2.75, 3.05) is 13.6 Å². The summed E-state index contributed by atoms with van der Waals surface area (Å²) in [5.74, 6) is -1.09. The molecule has 0 saturated carbocycles. The summed E-state index contributed by atoms with van der Waals surface area (Å²) in [5.41, 5.74) is 0.152. The molecule has 0 unspecified atom stereocenters. The molecule has 8 nitrogen and oxygen atoms in total. The van der Waals surface area contributed by atoms with Gasteiger partial charge < -0.3 is 5.11 Å². The van der Waals surface area contributed by atoms with Gasteiger partial charge in [0, 0.05) is 13.6 Å². The number of aromatic nitrogens is 2. The molecule has 1 N–H and O–H groups in total. The SMILES string of the molecule is CN(CCC(=O)O)S(=O)(=O)c1ccc(Cl)c2nonc12. The Kier molecular flexibility index (Phi) is 3.93. The molecule has 0 aliphatic carbocycles. The van der Waals surface area contributed by atoms with Crippen molar-refractivity contribution < 1.29 is 22.9 Å². The molecule has 1 aromatic carbocycles. The van der Waals surface area contributed by atoms with Crippen molar-refractivity contribution in [3.8, 4) is 0 Å². The van der Waals surface area contributed by atoms with Gasteiger partial charge in [-0.15, -0.1) is 0 Å². The molecule has 0 saturated heterocycles. The average molecular weight is 320 g/mol. The minimum absolute atomic E-state index is 0.0136. The first-order valence-corrected chi connectivity index (χ1v) is 7.24. The first-order chi connectivity index (χ1) is 9.34. The van der Waals surface area contributed by atoms with E-state index in [2.05, 4.69) is 14.9 Å². The lowest BCUT2D eigenvalue weighted by Crippen LogP contribution is -2.29. The number of hydrogen-bond donors (Lipinski definition) is 1. The summed E-state index contributed by atoms with van der Waals surface area (Å²) in [6.07, 6.45) is -0.302. The van der Waals surface area contributed by atoms with Gasteiger partial charge in [-0.3, -0.25) is 4.79 Å². The van der Waals surface area contributed by atoms with Crippen LogP contribution in [-0.2, 0) is 14.8 Å². The van der Waals surface area contributed by atoms with Crippen molar-refractivity contribution in [3.05, 3.63) is 17.2 Å². The van der Waals surface area contributed by atoms with Gasteiger partial charge in [-0.05, 0) is 22.4 Å². The Morgan fingerprint density at radius 3 is 2.70 bits per heavy atom. The number of carbonyl (C=O) groups is 1. The highest BCUT2D eigenvalue weighted by molar-refractivity contribution is 7.89. The second-order valence-corrected chi connectivity index (χ2v) is 6.40. The molecule has 1 aromatic heterocycles. The lowest BCUT2D eigenvalue weighted by atomic mass is 10.3. The number of nitrogens with zero attached hydrogens (tertiary/aromatic N) is 3. The van der Waals surface area contributed by atoms with Crippen molar-refractivity contribution in [1.29, 1.82) is 0 Å². The van der Waals surface area contributed by atoms with Gasteiger partial charge in [-0.2, -0.15) is 0 Å². The molecule has 0 aliphatic heterocycles. The van der Waals surface area contributed by atoms with Crippen LogP contribution in [0.3, 0.4) is 0 Å². The third-order valence-electron chi connectivity index (χ3n) is 2.66. The maximum absolute atomic E-state index is 12.3. The fourth-order valence-electron chi connectivity index (χ4n) is 1.56. The van der Waals surface area contributed by atoms with Gasteiger partial charge in [0.25, 0.3) is 0 Å². The largest absolute Gasteiger partial charge is 0.481 e. The van der Waals surface area contributed by atoms with E-state index in [9.17, 15) is 13.2 Å². The number of fused-ring (bicyclic) bond motifs is 1. The Hall–Kier alpha value is -1.71. The monoisotopic (exact) mass is 319 g/mol. The number of sulfonamides is 1. The number of aliphatic carboxylic acids is 1. The molecule has 2 aromatic rings. The Morgan fingerprint density at radius 2 is 2.05 bits per heavy atom. The Morgan fingerprint density at radius 1 is 1.40 bits per heavy atom. The Balaban J connectivity index is 2.44. The predicted molar refractivity (Wildman–Crippen MR) is 68.9 cm³/mol.